The molecule has 0 spiro atoms. The van der Waals surface area contributed by atoms with Crippen LogP contribution in [-0.4, -0.2) is 35.5 Å². The molecule has 0 aliphatic heterocycles. The molecular formula is C16H11N5O3S2. The number of hydrogen-bond acceptors (Lipinski definition) is 8. The van der Waals surface area contributed by atoms with Crippen LogP contribution < -0.4 is 4.72 Å². The minimum atomic E-state index is -3.67. The third-order valence-electron chi connectivity index (χ3n) is 3.13. The van der Waals surface area contributed by atoms with E-state index >= 15 is 0 Å². The summed E-state index contributed by atoms with van der Waals surface area (Å²) in [6, 6.07) is 8.43. The second-order valence-corrected chi connectivity index (χ2v) is 7.99. The number of nitrogens with zero attached hydrogens (tertiary/aromatic N) is 4. The summed E-state index contributed by atoms with van der Waals surface area (Å²) in [4.78, 5) is 25.1. The van der Waals surface area contributed by atoms with Crippen molar-refractivity contribution in [1.82, 2.24) is 19.7 Å². The number of nitriles is 1. The van der Waals surface area contributed by atoms with E-state index in [0.717, 1.165) is 6.26 Å². The van der Waals surface area contributed by atoms with Crippen molar-refractivity contribution >= 4 is 27.3 Å². The minimum absolute atomic E-state index is 0.0176. The molecule has 0 atom stereocenters. The monoisotopic (exact) mass is 385 g/mol. The Morgan fingerprint density at radius 2 is 2.08 bits per heavy atom. The molecule has 26 heavy (non-hydrogen) atoms. The first-order valence-electron chi connectivity index (χ1n) is 7.16. The molecule has 3 aromatic rings. The highest BCUT2D eigenvalue weighted by molar-refractivity contribution is 7.89. The van der Waals surface area contributed by atoms with Crippen LogP contribution in [0, 0.1) is 11.3 Å². The Hall–Kier alpha value is -3.16. The van der Waals surface area contributed by atoms with Gasteiger partial charge in [-0.05, 0) is 18.2 Å². The van der Waals surface area contributed by atoms with Crippen molar-refractivity contribution in [2.45, 2.75) is 0 Å². The average molecular weight is 385 g/mol. The zero-order valence-electron chi connectivity index (χ0n) is 13.4. The highest BCUT2D eigenvalue weighted by Crippen LogP contribution is 2.31. The number of pyridine rings is 2. The van der Waals surface area contributed by atoms with Gasteiger partial charge in [-0.15, -0.1) is 11.3 Å². The van der Waals surface area contributed by atoms with Crippen molar-refractivity contribution in [3.63, 3.8) is 0 Å². The fourth-order valence-electron chi connectivity index (χ4n) is 2.06. The van der Waals surface area contributed by atoms with Gasteiger partial charge in [-0.1, -0.05) is 6.07 Å². The van der Waals surface area contributed by atoms with Crippen molar-refractivity contribution in [3.05, 3.63) is 54.1 Å². The lowest BCUT2D eigenvalue weighted by Gasteiger charge is -2.03. The van der Waals surface area contributed by atoms with Crippen LogP contribution in [0.3, 0.4) is 0 Å². The van der Waals surface area contributed by atoms with Gasteiger partial charge < -0.3 is 0 Å². The predicted molar refractivity (Wildman–Crippen MR) is 95.6 cm³/mol. The van der Waals surface area contributed by atoms with E-state index in [1.165, 1.54) is 23.6 Å². The van der Waals surface area contributed by atoms with Gasteiger partial charge in [-0.2, -0.15) is 5.26 Å². The topological polar surface area (TPSA) is 126 Å². The zero-order chi connectivity index (χ0) is 18.7. The Balaban J connectivity index is 1.91. The molecule has 1 N–H and O–H groups in total. The summed E-state index contributed by atoms with van der Waals surface area (Å²) in [5, 5.41) is 9.61. The number of hydrogen-bond donors (Lipinski definition) is 1. The van der Waals surface area contributed by atoms with Gasteiger partial charge in [0, 0.05) is 24.2 Å². The lowest BCUT2D eigenvalue weighted by atomic mass is 10.2. The fraction of sp³-hybridized carbons (Fsp3) is 0.0625. The molecule has 0 radical (unpaired) electrons. The molecule has 1 amide bonds. The van der Waals surface area contributed by atoms with Gasteiger partial charge in [0.2, 0.25) is 10.0 Å². The molecule has 3 aromatic heterocycles. The number of rotatable bonds is 4. The molecule has 0 fully saturated rings. The van der Waals surface area contributed by atoms with E-state index in [2.05, 4.69) is 15.0 Å². The van der Waals surface area contributed by atoms with E-state index < -0.39 is 15.9 Å². The van der Waals surface area contributed by atoms with Gasteiger partial charge in [0.1, 0.15) is 16.8 Å². The lowest BCUT2D eigenvalue weighted by molar-refractivity contribution is 0.0977. The van der Waals surface area contributed by atoms with Gasteiger partial charge >= 0.3 is 0 Å². The second-order valence-electron chi connectivity index (χ2n) is 5.22. The molecule has 10 heteroatoms. The van der Waals surface area contributed by atoms with Crippen LogP contribution in [-0.2, 0) is 10.0 Å². The van der Waals surface area contributed by atoms with Crippen molar-refractivity contribution in [2.24, 2.45) is 0 Å². The highest BCUT2D eigenvalue weighted by atomic mass is 32.2. The molecule has 0 saturated carbocycles. The normalized spacial score (nSPS) is 10.9. The number of carbonyl (C=O) groups is 1. The van der Waals surface area contributed by atoms with Gasteiger partial charge in [-0.3, -0.25) is 9.78 Å². The Kier molecular flexibility index (Phi) is 4.75. The van der Waals surface area contributed by atoms with Crippen LogP contribution in [0.4, 0.5) is 0 Å². The first-order chi connectivity index (χ1) is 12.4. The summed E-state index contributed by atoms with van der Waals surface area (Å²) in [5.41, 5.74) is 1.60. The molecule has 3 rings (SSSR count). The molecule has 0 aromatic carbocycles. The maximum absolute atomic E-state index is 11.9. The van der Waals surface area contributed by atoms with Crippen LogP contribution in [0.25, 0.3) is 21.1 Å². The summed E-state index contributed by atoms with van der Waals surface area (Å²) >= 11 is 1.32. The molecule has 3 heterocycles. The van der Waals surface area contributed by atoms with E-state index in [1.54, 1.807) is 30.6 Å². The van der Waals surface area contributed by atoms with Crippen LogP contribution in [0.1, 0.15) is 16.1 Å². The smallest absolute Gasteiger partial charge is 0.266 e. The summed E-state index contributed by atoms with van der Waals surface area (Å²) in [5.74, 6) is -0.801. The van der Waals surface area contributed by atoms with E-state index in [9.17, 15) is 13.2 Å². The maximum Gasteiger partial charge on any atom is 0.283 e. The number of amides is 1. The summed E-state index contributed by atoms with van der Waals surface area (Å²) in [6.07, 6.45) is 5.56. The third-order valence-corrected chi connectivity index (χ3v) is 4.76. The van der Waals surface area contributed by atoms with Gasteiger partial charge in [-0.25, -0.2) is 23.1 Å². The zero-order valence-corrected chi connectivity index (χ0v) is 15.0. The van der Waals surface area contributed by atoms with Crippen molar-refractivity contribution in [2.75, 3.05) is 6.26 Å². The van der Waals surface area contributed by atoms with Crippen molar-refractivity contribution < 1.29 is 13.2 Å². The van der Waals surface area contributed by atoms with E-state index in [0.29, 0.717) is 26.7 Å². The Morgan fingerprint density at radius 3 is 2.81 bits per heavy atom. The molecule has 8 nitrogen and oxygen atoms in total. The molecule has 0 unspecified atom stereocenters. The second kappa shape index (κ2) is 6.99. The highest BCUT2D eigenvalue weighted by Gasteiger charge is 2.15. The molecular weight excluding hydrogens is 374 g/mol. The Labute approximate surface area is 153 Å². The van der Waals surface area contributed by atoms with Gasteiger partial charge in [0.05, 0.1) is 22.4 Å². The number of aromatic nitrogens is 3. The first-order valence-corrected chi connectivity index (χ1v) is 9.87. The molecule has 0 saturated heterocycles. The van der Waals surface area contributed by atoms with Crippen LogP contribution in [0.2, 0.25) is 0 Å². The first kappa shape index (κ1) is 17.7. The summed E-state index contributed by atoms with van der Waals surface area (Å²) in [6.45, 7) is 0. The average Bonchev–Trinajstić information content (AvgIpc) is 3.11. The van der Waals surface area contributed by atoms with E-state index in [1.807, 2.05) is 10.8 Å². The van der Waals surface area contributed by atoms with Crippen LogP contribution in [0.5, 0.6) is 0 Å². The van der Waals surface area contributed by atoms with E-state index in [-0.39, 0.29) is 5.69 Å². The Morgan fingerprint density at radius 1 is 1.27 bits per heavy atom. The van der Waals surface area contributed by atoms with E-state index in [4.69, 9.17) is 5.26 Å². The lowest BCUT2D eigenvalue weighted by Crippen LogP contribution is -2.30. The standard InChI is InChI=1S/C16H11N5O3S2/c1-26(23,24)21-15(22)13-4-2-3-12(20-13)14-9-19-16(25-14)11-5-10(6-17)7-18-8-11/h2-5,7-9H,1H3,(H,21,22). The number of thiazole rings is 1. The third kappa shape index (κ3) is 4.08. The Bertz CT molecular complexity index is 1130. The minimum Gasteiger partial charge on any atom is -0.266 e. The largest absolute Gasteiger partial charge is 0.283 e. The molecule has 0 aliphatic rings. The van der Waals surface area contributed by atoms with Crippen molar-refractivity contribution in [3.8, 4) is 27.2 Å². The van der Waals surface area contributed by atoms with Gasteiger partial charge in [0.25, 0.3) is 5.91 Å². The number of sulfonamides is 1. The summed E-state index contributed by atoms with van der Waals surface area (Å²) in [7, 11) is -3.67. The molecule has 0 bridgehead atoms. The number of carbonyl (C=O) groups excluding carboxylic acids is 1. The maximum atomic E-state index is 11.9. The van der Waals surface area contributed by atoms with Crippen LogP contribution in [0.15, 0.2) is 42.9 Å². The molecule has 0 aliphatic carbocycles. The quantitative estimate of drug-likeness (QED) is 0.726. The van der Waals surface area contributed by atoms with Crippen molar-refractivity contribution in [1.29, 1.82) is 5.26 Å². The number of nitrogens with one attached hydrogen (secondary N) is 1. The summed E-state index contributed by atoms with van der Waals surface area (Å²) < 4.78 is 24.2. The van der Waals surface area contributed by atoms with Gasteiger partial charge in [0.15, 0.2) is 0 Å². The van der Waals surface area contributed by atoms with Crippen LogP contribution >= 0.6 is 11.3 Å². The SMILES string of the molecule is CS(=O)(=O)NC(=O)c1cccc(-c2cnc(-c3cncc(C#N)c3)s2)n1. The molecule has 130 valence electrons. The fourth-order valence-corrected chi connectivity index (χ4v) is 3.37. The predicted octanol–water partition coefficient (Wildman–Crippen LogP) is 1.83.